The summed E-state index contributed by atoms with van der Waals surface area (Å²) in [6.07, 6.45) is 0.859. The van der Waals surface area contributed by atoms with Crippen LogP contribution in [0.5, 0.6) is 5.75 Å². The van der Waals surface area contributed by atoms with E-state index in [1.165, 1.54) is 0 Å². The number of ether oxygens (including phenoxy) is 1. The van der Waals surface area contributed by atoms with E-state index in [1.807, 2.05) is 38.1 Å². The number of fused-ring (bicyclic) bond motifs is 1. The molecule has 0 saturated carbocycles. The number of amides is 1. The first kappa shape index (κ1) is 16.8. The number of carbonyl (C=O) groups is 1. The molecule has 4 rings (SSSR count). The molecule has 0 unspecified atom stereocenters. The van der Waals surface area contributed by atoms with Gasteiger partial charge in [0, 0.05) is 30.9 Å². The predicted molar refractivity (Wildman–Crippen MR) is 96.3 cm³/mol. The molecule has 136 valence electrons. The van der Waals surface area contributed by atoms with E-state index in [9.17, 15) is 4.79 Å². The molecule has 0 N–H and O–H groups in total. The molecule has 2 aliphatic rings. The molecule has 1 amide bonds. The molecule has 2 aliphatic heterocycles. The monoisotopic (exact) mass is 354 g/mol. The van der Waals surface area contributed by atoms with E-state index in [2.05, 4.69) is 9.97 Å². The Labute approximate surface area is 152 Å². The predicted octanol–water partition coefficient (Wildman–Crippen LogP) is 1.92. The first-order valence-electron chi connectivity index (χ1n) is 8.88. The Morgan fingerprint density at radius 3 is 2.69 bits per heavy atom. The van der Waals surface area contributed by atoms with Crippen LogP contribution in [0, 0.1) is 13.8 Å². The molecule has 7 heteroatoms. The van der Waals surface area contributed by atoms with Gasteiger partial charge < -0.3 is 9.64 Å². The van der Waals surface area contributed by atoms with Crippen LogP contribution in [-0.4, -0.2) is 53.6 Å². The fourth-order valence-corrected chi connectivity index (χ4v) is 3.38. The largest absolute Gasteiger partial charge is 0.492 e. The van der Waals surface area contributed by atoms with E-state index in [4.69, 9.17) is 9.57 Å². The Morgan fingerprint density at radius 1 is 1.08 bits per heavy atom. The molecule has 7 nitrogen and oxygen atoms in total. The highest BCUT2D eigenvalue weighted by Crippen LogP contribution is 2.30. The van der Waals surface area contributed by atoms with E-state index in [1.54, 1.807) is 9.96 Å². The van der Waals surface area contributed by atoms with Crippen molar-refractivity contribution in [3.63, 3.8) is 0 Å². The van der Waals surface area contributed by atoms with Crippen LogP contribution in [0.1, 0.15) is 27.3 Å². The fourth-order valence-electron chi connectivity index (χ4n) is 3.38. The Morgan fingerprint density at radius 2 is 1.88 bits per heavy atom. The summed E-state index contributed by atoms with van der Waals surface area (Å²) in [6.45, 7) is 6.48. The van der Waals surface area contributed by atoms with Crippen molar-refractivity contribution in [1.29, 1.82) is 0 Å². The summed E-state index contributed by atoms with van der Waals surface area (Å²) in [4.78, 5) is 29.5. The van der Waals surface area contributed by atoms with Crippen LogP contribution in [0.4, 0.5) is 5.95 Å². The Kier molecular flexibility index (Phi) is 4.46. The van der Waals surface area contributed by atoms with Crippen molar-refractivity contribution in [1.82, 2.24) is 14.9 Å². The molecular weight excluding hydrogens is 332 g/mol. The molecule has 0 radical (unpaired) electrons. The number of nitrogens with zero attached hydrogens (tertiary/aromatic N) is 4. The molecule has 0 spiro atoms. The van der Waals surface area contributed by atoms with Crippen molar-refractivity contribution >= 4 is 11.9 Å². The van der Waals surface area contributed by atoms with Gasteiger partial charge in [-0.3, -0.25) is 9.63 Å². The zero-order valence-corrected chi connectivity index (χ0v) is 15.1. The summed E-state index contributed by atoms with van der Waals surface area (Å²) < 4.78 is 5.68. The maximum Gasteiger partial charge on any atom is 0.257 e. The van der Waals surface area contributed by atoms with E-state index < -0.39 is 0 Å². The molecule has 1 fully saturated rings. The molecule has 1 saturated heterocycles. The third kappa shape index (κ3) is 3.22. The fraction of sp³-hybridized carbons (Fsp3) is 0.421. The highest BCUT2D eigenvalue weighted by molar-refractivity contribution is 5.97. The average molecular weight is 354 g/mol. The maximum absolute atomic E-state index is 13.0. The van der Waals surface area contributed by atoms with Crippen molar-refractivity contribution in [2.45, 2.75) is 20.3 Å². The van der Waals surface area contributed by atoms with Crippen molar-refractivity contribution in [2.75, 3.05) is 37.9 Å². The van der Waals surface area contributed by atoms with Gasteiger partial charge in [-0.2, -0.15) is 0 Å². The van der Waals surface area contributed by atoms with Crippen LogP contribution in [0.3, 0.4) is 0 Å². The molecule has 2 aromatic rings. The lowest BCUT2D eigenvalue weighted by atomic mass is 10.1. The highest BCUT2D eigenvalue weighted by Gasteiger charge is 2.27. The van der Waals surface area contributed by atoms with Gasteiger partial charge in [0.15, 0.2) is 0 Å². The third-order valence-electron chi connectivity index (χ3n) is 4.61. The molecule has 0 atom stereocenters. The van der Waals surface area contributed by atoms with Crippen LogP contribution in [0.2, 0.25) is 0 Å². The van der Waals surface area contributed by atoms with Gasteiger partial charge in [0.2, 0.25) is 5.95 Å². The van der Waals surface area contributed by atoms with Crippen LogP contribution >= 0.6 is 0 Å². The maximum atomic E-state index is 13.0. The summed E-state index contributed by atoms with van der Waals surface area (Å²) in [5.74, 6) is 1.26. The number of aromatic nitrogens is 2. The molecule has 0 bridgehead atoms. The molecular formula is C19H22N4O3. The summed E-state index contributed by atoms with van der Waals surface area (Å²) >= 11 is 0. The number of carbonyl (C=O) groups excluding carboxylic acids is 1. The van der Waals surface area contributed by atoms with Gasteiger partial charge >= 0.3 is 0 Å². The number of para-hydroxylation sites is 1. The minimum atomic E-state index is -0.0180. The minimum absolute atomic E-state index is 0.0180. The SMILES string of the molecule is Cc1cc(C)nc(N2CCN(C(=O)c3cccc4c3OCC4)CCO2)n1. The average Bonchev–Trinajstić information content (AvgIpc) is 2.96. The molecule has 3 heterocycles. The van der Waals surface area contributed by atoms with Crippen LogP contribution in [-0.2, 0) is 11.3 Å². The van der Waals surface area contributed by atoms with E-state index >= 15 is 0 Å². The Bertz CT molecular complexity index is 819. The van der Waals surface area contributed by atoms with Crippen LogP contribution in [0.25, 0.3) is 0 Å². The molecule has 26 heavy (non-hydrogen) atoms. The smallest absolute Gasteiger partial charge is 0.257 e. The molecule has 0 aliphatic carbocycles. The Hall–Kier alpha value is -2.67. The number of aryl methyl sites for hydroxylation is 2. The number of benzene rings is 1. The van der Waals surface area contributed by atoms with Crippen LogP contribution < -0.4 is 9.80 Å². The standard InChI is InChI=1S/C19H22N4O3/c1-13-12-14(2)21-19(20-13)23-8-7-22(9-11-26-23)18(24)16-5-3-4-15-6-10-25-17(15)16/h3-5,12H,6-11H2,1-2H3. The van der Waals surface area contributed by atoms with Gasteiger partial charge in [0.25, 0.3) is 5.91 Å². The lowest BCUT2D eigenvalue weighted by Crippen LogP contribution is -2.36. The number of anilines is 1. The van der Waals surface area contributed by atoms with Crippen LogP contribution in [0.15, 0.2) is 24.3 Å². The van der Waals surface area contributed by atoms with Gasteiger partial charge in [-0.25, -0.2) is 15.0 Å². The van der Waals surface area contributed by atoms with E-state index in [0.29, 0.717) is 44.4 Å². The summed E-state index contributed by atoms with van der Waals surface area (Å²) in [5, 5.41) is 1.68. The quantitative estimate of drug-likeness (QED) is 0.821. The summed E-state index contributed by atoms with van der Waals surface area (Å²) in [7, 11) is 0. The summed E-state index contributed by atoms with van der Waals surface area (Å²) in [6, 6.07) is 7.70. The lowest BCUT2D eigenvalue weighted by Gasteiger charge is -2.21. The lowest BCUT2D eigenvalue weighted by molar-refractivity contribution is 0.0726. The number of hydroxylamine groups is 1. The zero-order valence-electron chi connectivity index (χ0n) is 15.1. The number of rotatable bonds is 2. The van der Waals surface area contributed by atoms with Crippen molar-refractivity contribution < 1.29 is 14.4 Å². The molecule has 1 aromatic carbocycles. The van der Waals surface area contributed by atoms with Crippen molar-refractivity contribution in [3.05, 3.63) is 46.8 Å². The van der Waals surface area contributed by atoms with Gasteiger partial charge in [-0.1, -0.05) is 12.1 Å². The number of hydrogen-bond donors (Lipinski definition) is 0. The van der Waals surface area contributed by atoms with Crippen molar-refractivity contribution in [2.24, 2.45) is 0 Å². The first-order valence-corrected chi connectivity index (χ1v) is 8.88. The topological polar surface area (TPSA) is 67.8 Å². The van der Waals surface area contributed by atoms with Gasteiger partial charge in [-0.05, 0) is 31.5 Å². The van der Waals surface area contributed by atoms with Gasteiger partial charge in [-0.15, -0.1) is 0 Å². The second-order valence-electron chi connectivity index (χ2n) is 6.57. The molecule has 1 aromatic heterocycles. The third-order valence-corrected chi connectivity index (χ3v) is 4.61. The van der Waals surface area contributed by atoms with Gasteiger partial charge in [0.05, 0.1) is 25.3 Å². The second-order valence-corrected chi connectivity index (χ2v) is 6.57. The highest BCUT2D eigenvalue weighted by atomic mass is 16.7. The Balaban J connectivity index is 1.50. The zero-order chi connectivity index (χ0) is 18.1. The second kappa shape index (κ2) is 6.92. The van der Waals surface area contributed by atoms with Gasteiger partial charge in [0.1, 0.15) is 5.75 Å². The van der Waals surface area contributed by atoms with E-state index in [0.717, 1.165) is 29.1 Å². The van der Waals surface area contributed by atoms with E-state index in [-0.39, 0.29) is 5.91 Å². The normalized spacial score (nSPS) is 16.8. The minimum Gasteiger partial charge on any atom is -0.492 e. The van der Waals surface area contributed by atoms with Crippen molar-refractivity contribution in [3.8, 4) is 5.75 Å². The first-order chi connectivity index (χ1) is 12.6. The number of hydrogen-bond acceptors (Lipinski definition) is 6. The summed E-state index contributed by atoms with van der Waals surface area (Å²) in [5.41, 5.74) is 3.53.